The summed E-state index contributed by atoms with van der Waals surface area (Å²) in [5.74, 6) is -1.51. The normalized spacial score (nSPS) is 17.4. The number of halogens is 1. The van der Waals surface area contributed by atoms with Crippen molar-refractivity contribution < 1.29 is 17.6 Å². The molecule has 164 valence electrons. The molecule has 2 N–H and O–H groups in total. The van der Waals surface area contributed by atoms with Gasteiger partial charge in [0.1, 0.15) is 16.8 Å². The molecule has 1 fully saturated rings. The summed E-state index contributed by atoms with van der Waals surface area (Å²) in [7, 11) is -2.01. The number of piperazine rings is 1. The molecule has 0 saturated carbocycles. The number of carbonyl (C=O) groups excluding carboxylic acids is 1. The first kappa shape index (κ1) is 23.7. The lowest BCUT2D eigenvalue weighted by Crippen LogP contribution is -2.50. The van der Waals surface area contributed by atoms with Crippen molar-refractivity contribution in [2.24, 2.45) is 5.92 Å². The standard InChI is InChI=1S/C20H33FN4O3S/c1-16(2)19(23-29(27,28)18-9-5-4-8-17(18)21)20(26)22-10-6-7-11-25-14-12-24(3)13-15-25/h4-5,8-9,16,19,23H,6-7,10-15H2,1-3H3,(H,22,26)/t19-/m0/s1. The van der Waals surface area contributed by atoms with E-state index in [1.165, 1.54) is 18.2 Å². The number of benzene rings is 1. The number of amides is 1. The lowest BCUT2D eigenvalue weighted by Gasteiger charge is -2.32. The molecular formula is C20H33FN4O3S. The van der Waals surface area contributed by atoms with Gasteiger partial charge in [-0.05, 0) is 44.5 Å². The Bertz CT molecular complexity index is 765. The molecular weight excluding hydrogens is 395 g/mol. The van der Waals surface area contributed by atoms with E-state index >= 15 is 0 Å². The van der Waals surface area contributed by atoms with Crippen LogP contribution in [0.2, 0.25) is 0 Å². The number of likely N-dealkylation sites (N-methyl/N-ethyl adjacent to an activating group) is 1. The van der Waals surface area contributed by atoms with Crippen molar-refractivity contribution in [3.05, 3.63) is 30.1 Å². The van der Waals surface area contributed by atoms with E-state index in [0.29, 0.717) is 6.54 Å². The van der Waals surface area contributed by atoms with Crippen LogP contribution in [0.1, 0.15) is 26.7 Å². The topological polar surface area (TPSA) is 81.7 Å². The molecule has 1 heterocycles. The second-order valence-electron chi connectivity index (χ2n) is 7.92. The molecule has 0 aromatic heterocycles. The largest absolute Gasteiger partial charge is 0.355 e. The molecule has 0 unspecified atom stereocenters. The van der Waals surface area contributed by atoms with E-state index in [-0.39, 0.29) is 11.8 Å². The van der Waals surface area contributed by atoms with Crippen LogP contribution < -0.4 is 10.0 Å². The van der Waals surface area contributed by atoms with Gasteiger partial charge in [0.15, 0.2) is 0 Å². The summed E-state index contributed by atoms with van der Waals surface area (Å²) in [5, 5.41) is 2.81. The highest BCUT2D eigenvalue weighted by Gasteiger charge is 2.29. The van der Waals surface area contributed by atoms with Gasteiger partial charge in [0.2, 0.25) is 15.9 Å². The van der Waals surface area contributed by atoms with Gasteiger partial charge in [0, 0.05) is 32.7 Å². The van der Waals surface area contributed by atoms with Crippen LogP contribution in [0, 0.1) is 11.7 Å². The van der Waals surface area contributed by atoms with Crippen LogP contribution >= 0.6 is 0 Å². The van der Waals surface area contributed by atoms with E-state index in [2.05, 4.69) is 26.9 Å². The number of carbonyl (C=O) groups is 1. The van der Waals surface area contributed by atoms with Gasteiger partial charge >= 0.3 is 0 Å². The molecule has 1 saturated heterocycles. The molecule has 1 aromatic carbocycles. The fourth-order valence-electron chi connectivity index (χ4n) is 3.24. The maximum Gasteiger partial charge on any atom is 0.244 e. The molecule has 1 aliphatic rings. The molecule has 1 aliphatic heterocycles. The predicted molar refractivity (Wildman–Crippen MR) is 112 cm³/mol. The minimum atomic E-state index is -4.13. The highest BCUT2D eigenvalue weighted by atomic mass is 32.2. The van der Waals surface area contributed by atoms with Crippen molar-refractivity contribution in [1.29, 1.82) is 0 Å². The molecule has 7 nitrogen and oxygen atoms in total. The highest BCUT2D eigenvalue weighted by molar-refractivity contribution is 7.89. The quantitative estimate of drug-likeness (QED) is 0.549. The summed E-state index contributed by atoms with van der Waals surface area (Å²) < 4.78 is 41.2. The van der Waals surface area contributed by atoms with Crippen LogP contribution in [0.25, 0.3) is 0 Å². The molecule has 0 radical (unpaired) electrons. The second kappa shape index (κ2) is 11.0. The van der Waals surface area contributed by atoms with E-state index in [0.717, 1.165) is 51.6 Å². The van der Waals surface area contributed by atoms with Gasteiger partial charge in [-0.15, -0.1) is 0 Å². The summed E-state index contributed by atoms with van der Waals surface area (Å²) >= 11 is 0. The van der Waals surface area contributed by atoms with Gasteiger partial charge in [-0.25, -0.2) is 12.8 Å². The molecule has 1 aromatic rings. The Balaban J connectivity index is 1.81. The van der Waals surface area contributed by atoms with Crippen molar-refractivity contribution in [1.82, 2.24) is 19.8 Å². The fraction of sp³-hybridized carbons (Fsp3) is 0.650. The second-order valence-corrected chi connectivity index (χ2v) is 9.60. The van der Waals surface area contributed by atoms with Crippen LogP contribution in [-0.2, 0) is 14.8 Å². The number of hydrogen-bond donors (Lipinski definition) is 2. The maximum absolute atomic E-state index is 13.9. The predicted octanol–water partition coefficient (Wildman–Crippen LogP) is 1.27. The molecule has 9 heteroatoms. The van der Waals surface area contributed by atoms with Gasteiger partial charge in [0.05, 0.1) is 0 Å². The number of nitrogens with zero attached hydrogens (tertiary/aromatic N) is 2. The zero-order valence-corrected chi connectivity index (χ0v) is 18.3. The monoisotopic (exact) mass is 428 g/mol. The summed E-state index contributed by atoms with van der Waals surface area (Å²) in [6, 6.07) is 4.17. The number of rotatable bonds is 10. The summed E-state index contributed by atoms with van der Waals surface area (Å²) in [4.78, 5) is 16.8. The Morgan fingerprint density at radius 3 is 2.41 bits per heavy atom. The van der Waals surface area contributed by atoms with Crippen molar-refractivity contribution >= 4 is 15.9 Å². The highest BCUT2D eigenvalue weighted by Crippen LogP contribution is 2.15. The molecule has 2 rings (SSSR count). The third kappa shape index (κ3) is 7.33. The Morgan fingerprint density at radius 2 is 1.79 bits per heavy atom. The van der Waals surface area contributed by atoms with Crippen molar-refractivity contribution in [2.45, 2.75) is 37.6 Å². The zero-order valence-electron chi connectivity index (χ0n) is 17.5. The van der Waals surface area contributed by atoms with E-state index in [9.17, 15) is 17.6 Å². The SMILES string of the molecule is CC(C)[C@H](NS(=O)(=O)c1ccccc1F)C(=O)NCCCCN1CCN(C)CC1. The third-order valence-electron chi connectivity index (χ3n) is 5.15. The van der Waals surface area contributed by atoms with Crippen molar-refractivity contribution in [3.8, 4) is 0 Å². The Labute approximate surface area is 173 Å². The average molecular weight is 429 g/mol. The van der Waals surface area contributed by atoms with Gasteiger partial charge in [-0.1, -0.05) is 26.0 Å². The molecule has 1 amide bonds. The van der Waals surface area contributed by atoms with Crippen LogP contribution in [-0.4, -0.2) is 76.5 Å². The van der Waals surface area contributed by atoms with Crippen molar-refractivity contribution in [3.63, 3.8) is 0 Å². The van der Waals surface area contributed by atoms with Gasteiger partial charge < -0.3 is 15.1 Å². The number of hydrogen-bond acceptors (Lipinski definition) is 5. The first-order valence-corrected chi connectivity index (χ1v) is 11.6. The van der Waals surface area contributed by atoms with Gasteiger partial charge in [-0.3, -0.25) is 4.79 Å². The van der Waals surface area contributed by atoms with E-state index in [1.807, 2.05) is 0 Å². The summed E-state index contributed by atoms with van der Waals surface area (Å²) in [6.07, 6.45) is 1.79. The smallest absolute Gasteiger partial charge is 0.244 e. The Morgan fingerprint density at radius 1 is 1.14 bits per heavy atom. The molecule has 29 heavy (non-hydrogen) atoms. The Kier molecular flexibility index (Phi) is 9.01. The average Bonchev–Trinajstić information content (AvgIpc) is 2.67. The lowest BCUT2D eigenvalue weighted by atomic mass is 10.1. The number of unbranched alkanes of at least 4 members (excludes halogenated alkanes) is 1. The minimum Gasteiger partial charge on any atom is -0.355 e. The fourth-order valence-corrected chi connectivity index (χ4v) is 4.66. The first-order chi connectivity index (χ1) is 13.7. The van der Waals surface area contributed by atoms with E-state index in [1.54, 1.807) is 13.8 Å². The molecule has 0 bridgehead atoms. The summed E-state index contributed by atoms with van der Waals surface area (Å²) in [5.41, 5.74) is 0. The van der Waals surface area contributed by atoms with Gasteiger partial charge in [-0.2, -0.15) is 4.72 Å². The van der Waals surface area contributed by atoms with Gasteiger partial charge in [0.25, 0.3) is 0 Å². The van der Waals surface area contributed by atoms with Crippen molar-refractivity contribution in [2.75, 3.05) is 46.3 Å². The lowest BCUT2D eigenvalue weighted by molar-refractivity contribution is -0.123. The first-order valence-electron chi connectivity index (χ1n) is 10.2. The Hall–Kier alpha value is -1.55. The van der Waals surface area contributed by atoms with Crippen LogP contribution in [0.3, 0.4) is 0 Å². The molecule has 0 aliphatic carbocycles. The number of nitrogens with one attached hydrogen (secondary N) is 2. The number of sulfonamides is 1. The van der Waals surface area contributed by atoms with Crippen LogP contribution in [0.4, 0.5) is 4.39 Å². The summed E-state index contributed by atoms with van der Waals surface area (Å²) in [6.45, 7) is 9.27. The third-order valence-corrected chi connectivity index (χ3v) is 6.63. The molecule has 1 atom stereocenters. The zero-order chi connectivity index (χ0) is 21.4. The minimum absolute atomic E-state index is 0.276. The van der Waals surface area contributed by atoms with Crippen LogP contribution in [0.15, 0.2) is 29.2 Å². The molecule has 0 spiro atoms. The van der Waals surface area contributed by atoms with Crippen LogP contribution in [0.5, 0.6) is 0 Å². The van der Waals surface area contributed by atoms with E-state index < -0.39 is 26.8 Å². The van der Waals surface area contributed by atoms with E-state index in [4.69, 9.17) is 0 Å². The maximum atomic E-state index is 13.9.